The Morgan fingerprint density at radius 3 is 2.42 bits per heavy atom. The van der Waals surface area contributed by atoms with Gasteiger partial charge in [0.2, 0.25) is 0 Å². The van der Waals surface area contributed by atoms with E-state index in [0.29, 0.717) is 11.5 Å². The molecule has 0 bridgehead atoms. The molecule has 1 aliphatic heterocycles. The van der Waals surface area contributed by atoms with E-state index in [1.165, 1.54) is 12.3 Å². The van der Waals surface area contributed by atoms with Gasteiger partial charge in [-0.15, -0.1) is 0 Å². The lowest BCUT2D eigenvalue weighted by molar-refractivity contribution is -0.147. The average Bonchev–Trinajstić information content (AvgIpc) is 2.85. The molecule has 2 aromatic rings. The number of anilines is 2. The van der Waals surface area contributed by atoms with Crippen molar-refractivity contribution in [2.75, 3.05) is 22.9 Å². The molecule has 0 unspecified atom stereocenters. The van der Waals surface area contributed by atoms with Crippen molar-refractivity contribution in [1.82, 2.24) is 10.3 Å². The first-order chi connectivity index (χ1) is 17.8. The van der Waals surface area contributed by atoms with Gasteiger partial charge in [-0.1, -0.05) is 19.1 Å². The summed E-state index contributed by atoms with van der Waals surface area (Å²) in [5.41, 5.74) is 0.574. The first-order valence-electron chi connectivity index (χ1n) is 12.3. The Balaban J connectivity index is 1.54. The number of carboxylic acids is 1. The van der Waals surface area contributed by atoms with Crippen LogP contribution in [0.15, 0.2) is 41.4 Å². The number of aliphatic carboxylic acids is 1. The molecule has 0 spiro atoms. The smallest absolute Gasteiger partial charge is 0.413 e. The summed E-state index contributed by atoms with van der Waals surface area (Å²) in [4.78, 5) is 38.6. The molecule has 3 rings (SSSR count). The topological polar surface area (TPSA) is 164 Å². The van der Waals surface area contributed by atoms with Crippen LogP contribution in [0.3, 0.4) is 0 Å². The monoisotopic (exact) mass is 546 g/mol. The largest absolute Gasteiger partial charge is 0.474 e. The minimum atomic E-state index is -3.59. The molecular weight excluding hydrogens is 512 g/mol. The Labute approximate surface area is 222 Å². The van der Waals surface area contributed by atoms with E-state index < -0.39 is 33.4 Å². The highest BCUT2D eigenvalue weighted by Crippen LogP contribution is 2.27. The third kappa shape index (κ3) is 7.99. The van der Waals surface area contributed by atoms with Crippen LogP contribution >= 0.6 is 0 Å². The van der Waals surface area contributed by atoms with E-state index in [1.807, 2.05) is 12.1 Å². The van der Waals surface area contributed by atoms with Gasteiger partial charge in [0.05, 0.1) is 22.5 Å². The van der Waals surface area contributed by atoms with Crippen LogP contribution in [0.25, 0.3) is 0 Å². The minimum absolute atomic E-state index is 0.0686. The second-order valence-electron chi connectivity index (χ2n) is 10.2. The molecule has 1 aromatic carbocycles. The molecule has 1 aliphatic rings. The number of sulfone groups is 1. The van der Waals surface area contributed by atoms with Gasteiger partial charge in [-0.25, -0.2) is 23.0 Å². The van der Waals surface area contributed by atoms with Crippen LogP contribution in [0.1, 0.15) is 57.2 Å². The third-order valence-electron chi connectivity index (χ3n) is 6.40. The van der Waals surface area contributed by atoms with Crippen LogP contribution in [0.4, 0.5) is 16.3 Å². The Hall–Kier alpha value is -3.51. The molecule has 0 radical (unpaired) electrons. The number of hydrogen-bond donors (Lipinski definition) is 4. The predicted octanol–water partition coefficient (Wildman–Crippen LogP) is 3.66. The highest BCUT2D eigenvalue weighted by atomic mass is 32.2. The number of amides is 2. The van der Waals surface area contributed by atoms with Gasteiger partial charge in [0.15, 0.2) is 9.84 Å². The van der Waals surface area contributed by atoms with Crippen molar-refractivity contribution >= 4 is 39.3 Å². The number of carboxylic acid groups (broad SMARTS) is 1. The molecule has 2 amide bonds. The SMILES string of the molecule is Cc1cc(NC(=O)C(=O)O)cnc1NC(=O)OC(C)(C)CCS(=O)(=O)c1ccc([C@H]2CC[C@H](C)CN2)cc1. The summed E-state index contributed by atoms with van der Waals surface area (Å²) in [6, 6.07) is 8.63. The number of nitrogens with one attached hydrogen (secondary N) is 3. The first-order valence-corrected chi connectivity index (χ1v) is 14.0. The maximum atomic E-state index is 12.9. The molecule has 12 heteroatoms. The Kier molecular flexibility index (Phi) is 9.10. The number of nitrogens with zero attached hydrogens (tertiary/aromatic N) is 1. The van der Waals surface area contributed by atoms with Gasteiger partial charge >= 0.3 is 18.0 Å². The number of aromatic nitrogens is 1. The van der Waals surface area contributed by atoms with E-state index in [1.54, 1.807) is 32.9 Å². The van der Waals surface area contributed by atoms with Gasteiger partial charge < -0.3 is 20.5 Å². The van der Waals surface area contributed by atoms with Crippen molar-refractivity contribution in [1.29, 1.82) is 0 Å². The molecule has 0 aliphatic carbocycles. The first kappa shape index (κ1) is 29.1. The van der Waals surface area contributed by atoms with Gasteiger partial charge in [0.25, 0.3) is 0 Å². The number of carbonyl (C=O) groups excluding carboxylic acids is 2. The quantitative estimate of drug-likeness (QED) is 0.362. The minimum Gasteiger partial charge on any atom is -0.474 e. The lowest BCUT2D eigenvalue weighted by Gasteiger charge is -2.28. The Morgan fingerprint density at radius 1 is 1.16 bits per heavy atom. The van der Waals surface area contributed by atoms with Gasteiger partial charge in [-0.05, 0) is 75.4 Å². The summed E-state index contributed by atoms with van der Waals surface area (Å²) in [5, 5.41) is 16.8. The zero-order valence-electron chi connectivity index (χ0n) is 21.9. The summed E-state index contributed by atoms with van der Waals surface area (Å²) in [6.45, 7) is 7.99. The molecule has 1 aromatic heterocycles. The van der Waals surface area contributed by atoms with E-state index in [0.717, 1.165) is 24.9 Å². The van der Waals surface area contributed by atoms with Crippen molar-refractivity contribution in [2.24, 2.45) is 5.92 Å². The summed E-state index contributed by atoms with van der Waals surface area (Å²) in [6.07, 6.45) is 2.58. The molecule has 1 fully saturated rings. The van der Waals surface area contributed by atoms with Crippen LogP contribution in [0.5, 0.6) is 0 Å². The summed E-state index contributed by atoms with van der Waals surface area (Å²) < 4.78 is 31.3. The number of ether oxygens (including phenoxy) is 1. The molecule has 206 valence electrons. The van der Waals surface area contributed by atoms with Crippen LogP contribution in [0.2, 0.25) is 0 Å². The van der Waals surface area contributed by atoms with Gasteiger partial charge in [-0.2, -0.15) is 0 Å². The van der Waals surface area contributed by atoms with Crippen molar-refractivity contribution < 1.29 is 32.6 Å². The number of benzene rings is 1. The second kappa shape index (κ2) is 11.9. The van der Waals surface area contributed by atoms with E-state index >= 15 is 0 Å². The molecule has 2 atom stereocenters. The number of piperidine rings is 1. The molecular formula is C26H34N4O7S. The van der Waals surface area contributed by atoms with Crippen LogP contribution < -0.4 is 16.0 Å². The number of pyridine rings is 1. The van der Waals surface area contributed by atoms with Crippen LogP contribution in [0, 0.1) is 12.8 Å². The maximum Gasteiger partial charge on any atom is 0.413 e. The fourth-order valence-electron chi connectivity index (χ4n) is 4.07. The Morgan fingerprint density at radius 2 is 1.84 bits per heavy atom. The molecule has 1 saturated heterocycles. The molecule has 11 nitrogen and oxygen atoms in total. The van der Waals surface area contributed by atoms with Crippen LogP contribution in [-0.2, 0) is 24.2 Å². The number of carbonyl (C=O) groups is 3. The van der Waals surface area contributed by atoms with Crippen molar-refractivity contribution in [3.63, 3.8) is 0 Å². The van der Waals surface area contributed by atoms with Crippen molar-refractivity contribution in [2.45, 2.75) is 63.5 Å². The molecule has 0 saturated carbocycles. The highest BCUT2D eigenvalue weighted by molar-refractivity contribution is 7.91. The summed E-state index contributed by atoms with van der Waals surface area (Å²) >= 11 is 0. The number of aryl methyl sites for hydroxylation is 1. The second-order valence-corrected chi connectivity index (χ2v) is 12.3. The molecule has 2 heterocycles. The fraction of sp³-hybridized carbons (Fsp3) is 0.462. The average molecular weight is 547 g/mol. The van der Waals surface area contributed by atoms with E-state index in [9.17, 15) is 22.8 Å². The lowest BCUT2D eigenvalue weighted by atomic mass is 9.92. The molecule has 4 N–H and O–H groups in total. The van der Waals surface area contributed by atoms with Crippen molar-refractivity contribution in [3.05, 3.63) is 47.7 Å². The van der Waals surface area contributed by atoms with Crippen molar-refractivity contribution in [3.8, 4) is 0 Å². The zero-order chi connectivity index (χ0) is 28.1. The van der Waals surface area contributed by atoms with E-state index in [4.69, 9.17) is 9.84 Å². The normalized spacial score (nSPS) is 17.9. The van der Waals surface area contributed by atoms with Gasteiger partial charge in [0, 0.05) is 12.5 Å². The predicted molar refractivity (Wildman–Crippen MR) is 142 cm³/mol. The van der Waals surface area contributed by atoms with Crippen LogP contribution in [-0.4, -0.2) is 54.4 Å². The third-order valence-corrected chi connectivity index (χ3v) is 8.13. The van der Waals surface area contributed by atoms with Gasteiger partial charge in [0.1, 0.15) is 11.4 Å². The Bertz CT molecular complexity index is 1290. The summed E-state index contributed by atoms with van der Waals surface area (Å²) in [7, 11) is -3.59. The van der Waals surface area contributed by atoms with Gasteiger partial charge in [-0.3, -0.25) is 10.1 Å². The molecule has 38 heavy (non-hydrogen) atoms. The number of rotatable bonds is 8. The zero-order valence-corrected chi connectivity index (χ0v) is 22.7. The fourth-order valence-corrected chi connectivity index (χ4v) is 5.62. The number of hydrogen-bond acceptors (Lipinski definition) is 8. The standard InChI is InChI=1S/C26H34N4O7S/c1-16-5-10-21(27-14-16)18-6-8-20(9-7-18)38(35,36)12-11-26(3,4)37-25(34)30-22-17(2)13-19(15-28-22)29-23(31)24(32)33/h6-9,13,15-16,21,27H,5,10-12,14H2,1-4H3,(H,29,31)(H,32,33)(H,28,30,34)/t16-,21+/m0/s1. The van der Waals surface area contributed by atoms with E-state index in [-0.39, 0.29) is 34.6 Å². The highest BCUT2D eigenvalue weighted by Gasteiger charge is 2.28. The maximum absolute atomic E-state index is 12.9. The lowest BCUT2D eigenvalue weighted by Crippen LogP contribution is -2.33. The summed E-state index contributed by atoms with van der Waals surface area (Å²) in [5.74, 6) is -2.27. The van der Waals surface area contributed by atoms with E-state index in [2.05, 4.69) is 27.9 Å².